The van der Waals surface area contributed by atoms with Crippen LogP contribution in [0.4, 0.5) is 10.1 Å². The van der Waals surface area contributed by atoms with E-state index in [0.717, 1.165) is 11.6 Å². The fourth-order valence-corrected chi connectivity index (χ4v) is 2.24. The summed E-state index contributed by atoms with van der Waals surface area (Å²) in [5, 5.41) is 9.70. The van der Waals surface area contributed by atoms with Gasteiger partial charge in [-0.05, 0) is 37.3 Å². The summed E-state index contributed by atoms with van der Waals surface area (Å²) in [7, 11) is 0. The molecule has 3 rings (SSSR count). The monoisotopic (exact) mass is 330 g/mol. The Labute approximate surface area is 136 Å². The number of hydrogen-bond acceptors (Lipinski definition) is 3. The Balaban J connectivity index is 1.84. The summed E-state index contributed by atoms with van der Waals surface area (Å²) in [6.45, 7) is 1.80. The second kappa shape index (κ2) is 6.18. The zero-order valence-corrected chi connectivity index (χ0v) is 12.9. The topological polar surface area (TPSA) is 70.7 Å². The highest BCUT2D eigenvalue weighted by molar-refractivity contribution is 6.30. The van der Waals surface area contributed by atoms with E-state index in [0.29, 0.717) is 17.3 Å². The molecule has 0 bridgehead atoms. The van der Waals surface area contributed by atoms with Crippen molar-refractivity contribution >= 4 is 23.2 Å². The minimum atomic E-state index is -0.671. The number of aryl methyl sites for hydroxylation is 1. The lowest BCUT2D eigenvalue weighted by molar-refractivity contribution is 0.102. The number of rotatable bonds is 3. The second-order valence-electron chi connectivity index (χ2n) is 4.90. The number of nitrogens with one attached hydrogen (secondary N) is 2. The molecule has 3 aromatic rings. The van der Waals surface area contributed by atoms with E-state index in [2.05, 4.69) is 20.5 Å². The Morgan fingerprint density at radius 1 is 1.26 bits per heavy atom. The number of halogens is 2. The molecule has 116 valence electrons. The van der Waals surface area contributed by atoms with Crippen molar-refractivity contribution in [1.29, 1.82) is 0 Å². The van der Waals surface area contributed by atoms with Crippen molar-refractivity contribution in [3.63, 3.8) is 0 Å². The highest BCUT2D eigenvalue weighted by Gasteiger charge is 2.13. The van der Waals surface area contributed by atoms with Gasteiger partial charge >= 0.3 is 0 Å². The van der Waals surface area contributed by atoms with E-state index in [4.69, 9.17) is 11.6 Å². The Hall–Kier alpha value is -2.73. The largest absolute Gasteiger partial charge is 0.322 e. The van der Waals surface area contributed by atoms with Crippen LogP contribution in [0.15, 0.2) is 42.5 Å². The van der Waals surface area contributed by atoms with Crippen LogP contribution in [0.3, 0.4) is 0 Å². The van der Waals surface area contributed by atoms with Gasteiger partial charge in [0.05, 0.1) is 5.56 Å². The molecule has 2 aromatic carbocycles. The van der Waals surface area contributed by atoms with E-state index in [1.54, 1.807) is 25.1 Å². The molecule has 0 aliphatic carbocycles. The number of benzene rings is 2. The standard InChI is InChI=1S/C16H12ClFN4O/c1-9-19-15(22-21-9)10-3-2-4-12(7-10)20-16(23)13-6-5-11(17)8-14(13)18/h2-8H,1H3,(H,20,23)(H,19,21,22). The number of H-pyrrole nitrogens is 1. The van der Waals surface area contributed by atoms with Crippen molar-refractivity contribution in [2.75, 3.05) is 5.32 Å². The number of amides is 1. The highest BCUT2D eigenvalue weighted by atomic mass is 35.5. The number of carbonyl (C=O) groups is 1. The molecule has 0 saturated heterocycles. The number of hydrogen-bond donors (Lipinski definition) is 2. The molecule has 5 nitrogen and oxygen atoms in total. The average Bonchev–Trinajstić information content (AvgIpc) is 2.94. The van der Waals surface area contributed by atoms with Gasteiger partial charge in [-0.3, -0.25) is 9.89 Å². The summed E-state index contributed by atoms with van der Waals surface area (Å²) in [6, 6.07) is 10.9. The quantitative estimate of drug-likeness (QED) is 0.766. The van der Waals surface area contributed by atoms with Crippen molar-refractivity contribution < 1.29 is 9.18 Å². The van der Waals surface area contributed by atoms with Gasteiger partial charge in [0.25, 0.3) is 5.91 Å². The molecule has 23 heavy (non-hydrogen) atoms. The fraction of sp³-hybridized carbons (Fsp3) is 0.0625. The fourth-order valence-electron chi connectivity index (χ4n) is 2.08. The van der Waals surface area contributed by atoms with Crippen molar-refractivity contribution in [2.24, 2.45) is 0 Å². The maximum absolute atomic E-state index is 13.8. The Kier molecular flexibility index (Phi) is 4.08. The summed E-state index contributed by atoms with van der Waals surface area (Å²) >= 11 is 5.68. The maximum Gasteiger partial charge on any atom is 0.258 e. The van der Waals surface area contributed by atoms with Gasteiger partial charge in [0.2, 0.25) is 0 Å². The third-order valence-electron chi connectivity index (χ3n) is 3.15. The molecule has 1 amide bonds. The second-order valence-corrected chi connectivity index (χ2v) is 5.34. The van der Waals surface area contributed by atoms with E-state index in [-0.39, 0.29) is 10.6 Å². The minimum absolute atomic E-state index is 0.0754. The molecule has 0 spiro atoms. The molecule has 1 aromatic heterocycles. The van der Waals surface area contributed by atoms with E-state index in [1.165, 1.54) is 12.1 Å². The van der Waals surface area contributed by atoms with Gasteiger partial charge in [-0.2, -0.15) is 5.10 Å². The van der Waals surface area contributed by atoms with Gasteiger partial charge in [0.1, 0.15) is 11.6 Å². The van der Waals surface area contributed by atoms with E-state index < -0.39 is 11.7 Å². The molecule has 0 radical (unpaired) electrons. The summed E-state index contributed by atoms with van der Waals surface area (Å²) in [6.07, 6.45) is 0. The predicted octanol–water partition coefficient (Wildman–Crippen LogP) is 3.82. The molecule has 1 heterocycles. The van der Waals surface area contributed by atoms with Crippen LogP contribution in [-0.4, -0.2) is 21.1 Å². The first kappa shape index (κ1) is 15.2. The van der Waals surface area contributed by atoms with Gasteiger partial charge in [-0.25, -0.2) is 9.37 Å². The van der Waals surface area contributed by atoms with Crippen LogP contribution in [0.5, 0.6) is 0 Å². The van der Waals surface area contributed by atoms with Gasteiger partial charge in [-0.15, -0.1) is 0 Å². The summed E-state index contributed by atoms with van der Waals surface area (Å²) < 4.78 is 13.8. The number of aromatic nitrogens is 3. The molecule has 0 aliphatic rings. The molecule has 0 aliphatic heterocycles. The smallest absolute Gasteiger partial charge is 0.258 e. The van der Waals surface area contributed by atoms with E-state index >= 15 is 0 Å². The molecule has 0 fully saturated rings. The molecule has 0 unspecified atom stereocenters. The number of aromatic amines is 1. The lowest BCUT2D eigenvalue weighted by atomic mass is 10.1. The normalized spacial score (nSPS) is 10.6. The van der Waals surface area contributed by atoms with Crippen LogP contribution in [-0.2, 0) is 0 Å². The predicted molar refractivity (Wildman–Crippen MR) is 85.9 cm³/mol. The third kappa shape index (κ3) is 3.37. The van der Waals surface area contributed by atoms with Crippen molar-refractivity contribution in [3.05, 3.63) is 64.7 Å². The van der Waals surface area contributed by atoms with Crippen LogP contribution in [0.25, 0.3) is 11.4 Å². The first-order chi connectivity index (χ1) is 11.0. The SMILES string of the molecule is Cc1nc(-c2cccc(NC(=O)c3ccc(Cl)cc3F)c2)n[nH]1. The van der Waals surface area contributed by atoms with Crippen LogP contribution in [0.1, 0.15) is 16.2 Å². The summed E-state index contributed by atoms with van der Waals surface area (Å²) in [5.74, 6) is -0.00724. The van der Waals surface area contributed by atoms with Gasteiger partial charge in [0.15, 0.2) is 5.82 Å². The van der Waals surface area contributed by atoms with Crippen LogP contribution in [0.2, 0.25) is 5.02 Å². The number of carbonyl (C=O) groups excluding carboxylic acids is 1. The molecular weight excluding hydrogens is 319 g/mol. The molecule has 2 N–H and O–H groups in total. The first-order valence-electron chi connectivity index (χ1n) is 6.79. The van der Waals surface area contributed by atoms with E-state index in [9.17, 15) is 9.18 Å². The third-order valence-corrected chi connectivity index (χ3v) is 3.39. The summed E-state index contributed by atoms with van der Waals surface area (Å²) in [4.78, 5) is 16.4. The Morgan fingerprint density at radius 2 is 2.09 bits per heavy atom. The minimum Gasteiger partial charge on any atom is -0.322 e. The van der Waals surface area contributed by atoms with Gasteiger partial charge in [0, 0.05) is 16.3 Å². The van der Waals surface area contributed by atoms with Crippen LogP contribution >= 0.6 is 11.6 Å². The number of anilines is 1. The Bertz CT molecular complexity index is 878. The Morgan fingerprint density at radius 3 is 2.78 bits per heavy atom. The van der Waals surface area contributed by atoms with E-state index in [1.807, 2.05) is 6.07 Å². The molecule has 7 heteroatoms. The zero-order valence-electron chi connectivity index (χ0n) is 12.1. The number of nitrogens with zero attached hydrogens (tertiary/aromatic N) is 2. The van der Waals surface area contributed by atoms with Crippen molar-refractivity contribution in [2.45, 2.75) is 6.92 Å². The molecule has 0 atom stereocenters. The molecule has 0 saturated carbocycles. The van der Waals surface area contributed by atoms with Gasteiger partial charge < -0.3 is 5.32 Å². The van der Waals surface area contributed by atoms with Crippen molar-refractivity contribution in [3.8, 4) is 11.4 Å². The lowest BCUT2D eigenvalue weighted by Crippen LogP contribution is -2.13. The van der Waals surface area contributed by atoms with Crippen LogP contribution < -0.4 is 5.32 Å². The lowest BCUT2D eigenvalue weighted by Gasteiger charge is -2.07. The zero-order chi connectivity index (χ0) is 16.4. The highest BCUT2D eigenvalue weighted by Crippen LogP contribution is 2.21. The van der Waals surface area contributed by atoms with Crippen molar-refractivity contribution in [1.82, 2.24) is 15.2 Å². The van der Waals surface area contributed by atoms with Crippen LogP contribution in [0, 0.1) is 12.7 Å². The molecular formula is C16H12ClFN4O. The maximum atomic E-state index is 13.8. The average molecular weight is 331 g/mol. The first-order valence-corrected chi connectivity index (χ1v) is 7.16. The summed E-state index contributed by atoms with van der Waals surface area (Å²) in [5.41, 5.74) is 1.18. The van der Waals surface area contributed by atoms with Gasteiger partial charge in [-0.1, -0.05) is 23.7 Å².